The molecule has 6 unspecified atom stereocenters. The van der Waals surface area contributed by atoms with E-state index in [9.17, 15) is 9.36 Å². The zero-order valence-corrected chi connectivity index (χ0v) is 17.7. The number of fused-ring (bicyclic) bond motifs is 2. The average Bonchev–Trinajstić information content (AvgIpc) is 3.02. The summed E-state index contributed by atoms with van der Waals surface area (Å²) in [6.45, 7) is 5.76. The highest BCUT2D eigenvalue weighted by Crippen LogP contribution is 2.57. The van der Waals surface area contributed by atoms with Crippen molar-refractivity contribution in [1.29, 1.82) is 0 Å². The Kier molecular flexibility index (Phi) is 5.83. The number of carbonyl (C=O) groups excluding carboxylic acids is 1. The fraction of sp³-hybridized carbons (Fsp3) is 0.647. The van der Waals surface area contributed by atoms with E-state index in [-0.39, 0.29) is 42.8 Å². The Morgan fingerprint density at radius 2 is 2.13 bits per heavy atom. The highest BCUT2D eigenvalue weighted by atomic mass is 31.1. The van der Waals surface area contributed by atoms with Crippen LogP contribution >= 0.6 is 8.25 Å². The molecular weight excluding hydrogens is 417 g/mol. The normalized spacial score (nSPS) is 27.7. The van der Waals surface area contributed by atoms with Gasteiger partial charge in [-0.05, 0) is 13.8 Å². The zero-order valence-electron chi connectivity index (χ0n) is 16.8. The molecule has 1 saturated heterocycles. The van der Waals surface area contributed by atoms with Crippen LogP contribution in [0.3, 0.4) is 0 Å². The number of hydrogen-bond acceptors (Lipinski definition) is 11. The Labute approximate surface area is 173 Å². The molecule has 0 aromatic carbocycles. The summed E-state index contributed by atoms with van der Waals surface area (Å²) in [5.74, 6) is -0.127. The Morgan fingerprint density at radius 3 is 2.80 bits per heavy atom. The van der Waals surface area contributed by atoms with Crippen LogP contribution in [0.5, 0.6) is 5.88 Å². The predicted octanol–water partition coefficient (Wildman–Crippen LogP) is 1.59. The fourth-order valence-electron chi connectivity index (χ4n) is 3.74. The first-order chi connectivity index (χ1) is 14.4. The van der Waals surface area contributed by atoms with E-state index in [1.165, 1.54) is 0 Å². The van der Waals surface area contributed by atoms with Gasteiger partial charge in [-0.15, -0.1) is 9.05 Å². The second-order valence-corrected chi connectivity index (χ2v) is 7.86. The number of rotatable bonds is 9. The van der Waals surface area contributed by atoms with E-state index in [0.717, 1.165) is 0 Å². The van der Waals surface area contributed by atoms with Crippen LogP contribution in [-0.2, 0) is 27.9 Å². The average molecular weight is 440 g/mol. The maximum Gasteiger partial charge on any atom is 0.698 e. The summed E-state index contributed by atoms with van der Waals surface area (Å²) in [6, 6.07) is 0. The summed E-state index contributed by atoms with van der Waals surface area (Å²) < 4.78 is 40.4. The van der Waals surface area contributed by atoms with Crippen LogP contribution in [0.15, 0.2) is 6.33 Å². The topological polar surface area (TPSA) is 150 Å². The van der Waals surface area contributed by atoms with Crippen molar-refractivity contribution < 1.29 is 32.6 Å². The summed E-state index contributed by atoms with van der Waals surface area (Å²) in [5.41, 5.74) is 6.84. The number of aromatic nitrogens is 4. The van der Waals surface area contributed by atoms with Gasteiger partial charge in [0.25, 0.3) is 0 Å². The molecule has 162 valence electrons. The minimum atomic E-state index is -2.45. The molecule has 1 aliphatic heterocycles. The molecule has 30 heavy (non-hydrogen) atoms. The van der Waals surface area contributed by atoms with Crippen molar-refractivity contribution in [3.8, 4) is 5.88 Å². The maximum atomic E-state index is 11.9. The van der Waals surface area contributed by atoms with Crippen LogP contribution in [0.2, 0.25) is 0 Å². The van der Waals surface area contributed by atoms with Gasteiger partial charge in [0.1, 0.15) is 12.3 Å². The number of nitrogens with two attached hydrogens (primary N) is 1. The molecule has 2 fully saturated rings. The van der Waals surface area contributed by atoms with Crippen LogP contribution in [-0.4, -0.2) is 57.5 Å². The van der Waals surface area contributed by atoms with Crippen molar-refractivity contribution in [3.05, 3.63) is 6.33 Å². The van der Waals surface area contributed by atoms with Crippen molar-refractivity contribution in [2.24, 2.45) is 11.8 Å². The molecule has 12 nitrogen and oxygen atoms in total. The SMILES string of the molecule is CCOC(=O)CO[P+](=O)OC1C2OC(n3cnc4c(OCC)nc(N)nc43)C(C)C21. The number of imidazole rings is 1. The fourth-order valence-corrected chi connectivity index (χ4v) is 4.47. The van der Waals surface area contributed by atoms with E-state index < -0.39 is 20.8 Å². The standard InChI is InChI=1S/C17H23N5O7P/c1-4-25-9(23)6-27-30(24)29-13-10-8(3)16(28-12(10)13)22-7-19-11-14(22)20-17(18)21-15(11)26-5-2/h7-8,10,12-13,16H,4-6H2,1-3H3,(H2,18,20,21)/q+1. The lowest BCUT2D eigenvalue weighted by molar-refractivity contribution is -0.145. The van der Waals surface area contributed by atoms with E-state index in [1.54, 1.807) is 17.8 Å². The third kappa shape index (κ3) is 3.83. The largest absolute Gasteiger partial charge is 0.698 e. The first kappa shape index (κ1) is 20.9. The lowest BCUT2D eigenvalue weighted by Gasteiger charge is -2.21. The molecule has 4 rings (SSSR count). The minimum Gasteiger partial charge on any atom is -0.476 e. The van der Waals surface area contributed by atoms with E-state index in [4.69, 9.17) is 29.0 Å². The molecular formula is C17H23N5O7P+. The van der Waals surface area contributed by atoms with Crippen LogP contribution in [0, 0.1) is 11.8 Å². The second-order valence-electron chi connectivity index (χ2n) is 6.94. The Bertz CT molecular complexity index is 969. The third-order valence-electron chi connectivity index (χ3n) is 5.06. The van der Waals surface area contributed by atoms with Gasteiger partial charge in [-0.1, -0.05) is 6.92 Å². The van der Waals surface area contributed by atoms with Crippen molar-refractivity contribution in [2.45, 2.75) is 39.2 Å². The molecule has 2 aromatic rings. The molecule has 0 bridgehead atoms. The molecule has 0 radical (unpaired) electrons. The van der Waals surface area contributed by atoms with Crippen LogP contribution in [0.25, 0.3) is 11.2 Å². The van der Waals surface area contributed by atoms with Crippen molar-refractivity contribution in [1.82, 2.24) is 19.5 Å². The van der Waals surface area contributed by atoms with Gasteiger partial charge in [-0.2, -0.15) is 9.97 Å². The Balaban J connectivity index is 1.40. The minimum absolute atomic E-state index is 0.0255. The summed E-state index contributed by atoms with van der Waals surface area (Å²) in [6.07, 6.45) is 0.673. The van der Waals surface area contributed by atoms with Crippen molar-refractivity contribution in [2.75, 3.05) is 25.6 Å². The molecule has 1 aliphatic carbocycles. The van der Waals surface area contributed by atoms with Crippen LogP contribution in [0.4, 0.5) is 5.95 Å². The molecule has 0 spiro atoms. The van der Waals surface area contributed by atoms with Gasteiger partial charge in [0.05, 0.1) is 25.6 Å². The molecule has 2 N–H and O–H groups in total. The summed E-state index contributed by atoms with van der Waals surface area (Å²) >= 11 is 0. The van der Waals surface area contributed by atoms with E-state index in [2.05, 4.69) is 15.0 Å². The quantitative estimate of drug-likeness (QED) is 0.447. The van der Waals surface area contributed by atoms with Crippen molar-refractivity contribution >= 4 is 31.3 Å². The summed E-state index contributed by atoms with van der Waals surface area (Å²) in [7, 11) is -2.45. The number of carbonyl (C=O) groups is 1. The van der Waals surface area contributed by atoms with Crippen LogP contribution < -0.4 is 10.5 Å². The highest BCUT2D eigenvalue weighted by molar-refractivity contribution is 7.33. The summed E-state index contributed by atoms with van der Waals surface area (Å²) in [5, 5.41) is 0. The zero-order chi connectivity index (χ0) is 21.4. The molecule has 2 aliphatic rings. The van der Waals surface area contributed by atoms with Gasteiger partial charge in [0, 0.05) is 16.4 Å². The van der Waals surface area contributed by atoms with E-state index >= 15 is 0 Å². The first-order valence-corrected chi connectivity index (χ1v) is 10.7. The van der Waals surface area contributed by atoms with Gasteiger partial charge < -0.3 is 19.9 Å². The van der Waals surface area contributed by atoms with E-state index in [0.29, 0.717) is 23.7 Å². The lowest BCUT2D eigenvalue weighted by atomic mass is 10.1. The second kappa shape index (κ2) is 8.38. The molecule has 0 amide bonds. The summed E-state index contributed by atoms with van der Waals surface area (Å²) in [4.78, 5) is 24.0. The number of nitrogens with zero attached hydrogens (tertiary/aromatic N) is 4. The highest BCUT2D eigenvalue weighted by Gasteiger charge is 2.67. The van der Waals surface area contributed by atoms with Gasteiger partial charge in [-0.25, -0.2) is 9.78 Å². The molecule has 6 atom stereocenters. The predicted molar refractivity (Wildman–Crippen MR) is 103 cm³/mol. The smallest absolute Gasteiger partial charge is 0.476 e. The van der Waals surface area contributed by atoms with E-state index in [1.807, 2.05) is 13.8 Å². The van der Waals surface area contributed by atoms with Gasteiger partial charge in [-0.3, -0.25) is 4.57 Å². The lowest BCUT2D eigenvalue weighted by Crippen LogP contribution is -2.21. The number of nitrogen functional groups attached to an aromatic ring is 1. The molecule has 2 aromatic heterocycles. The van der Waals surface area contributed by atoms with Gasteiger partial charge in [0.15, 0.2) is 11.2 Å². The monoisotopic (exact) mass is 440 g/mol. The number of anilines is 1. The number of hydrogen-bond donors (Lipinski definition) is 1. The van der Waals surface area contributed by atoms with Gasteiger partial charge in [0.2, 0.25) is 18.4 Å². The molecule has 3 heterocycles. The Hall–Kier alpha value is -2.40. The van der Waals surface area contributed by atoms with Crippen LogP contribution in [0.1, 0.15) is 27.0 Å². The third-order valence-corrected chi connectivity index (χ3v) is 5.81. The van der Waals surface area contributed by atoms with Crippen molar-refractivity contribution in [3.63, 3.8) is 0 Å². The van der Waals surface area contributed by atoms with Gasteiger partial charge >= 0.3 is 14.2 Å². The number of ether oxygens (including phenoxy) is 3. The first-order valence-electron chi connectivity index (χ1n) is 9.65. The maximum absolute atomic E-state index is 11.9. The molecule has 1 saturated carbocycles. The molecule has 13 heteroatoms. The number of esters is 1. The Morgan fingerprint density at radius 1 is 1.33 bits per heavy atom.